The van der Waals surface area contributed by atoms with Crippen LogP contribution in [0, 0.1) is 0 Å². The van der Waals surface area contributed by atoms with Crippen molar-refractivity contribution in [2.75, 3.05) is 0 Å². The molecule has 0 unspecified atom stereocenters. The molecule has 0 saturated heterocycles. The summed E-state index contributed by atoms with van der Waals surface area (Å²) in [6.45, 7) is 1.57. The molecule has 0 aliphatic carbocycles. The van der Waals surface area contributed by atoms with Gasteiger partial charge < -0.3 is 0 Å². The van der Waals surface area contributed by atoms with Crippen LogP contribution >= 0.6 is 0 Å². The molecule has 17 heavy (non-hydrogen) atoms. The number of Topliss-reactive ketones (excluding diaryl/α,β-unsaturated/α-hetero) is 1. The molecule has 1 aromatic carbocycles. The van der Waals surface area contributed by atoms with Gasteiger partial charge >= 0.3 is 0 Å². The first kappa shape index (κ1) is 11.3. The first-order chi connectivity index (χ1) is 8.25. The fourth-order valence-electron chi connectivity index (χ4n) is 1.51. The number of nitrogens with zero attached hydrogens (tertiary/aromatic N) is 1. The molecule has 0 radical (unpaired) electrons. The highest BCUT2D eigenvalue weighted by Crippen LogP contribution is 2.06. The van der Waals surface area contributed by atoms with E-state index in [1.165, 1.54) is 0 Å². The Balaban J connectivity index is 2.14. The van der Waals surface area contributed by atoms with Crippen LogP contribution in [0.3, 0.4) is 0 Å². The van der Waals surface area contributed by atoms with E-state index in [0.717, 1.165) is 11.1 Å². The van der Waals surface area contributed by atoms with Crippen LogP contribution in [0.2, 0.25) is 0 Å². The Bertz CT molecular complexity index is 527. The van der Waals surface area contributed by atoms with Gasteiger partial charge in [0.25, 0.3) is 0 Å². The molecule has 0 atom stereocenters. The smallest absolute Gasteiger partial charge is 0.175 e. The highest BCUT2D eigenvalue weighted by atomic mass is 16.1. The van der Waals surface area contributed by atoms with Gasteiger partial charge in [-0.05, 0) is 12.5 Å². The lowest BCUT2D eigenvalue weighted by molar-refractivity contribution is -0.567. The van der Waals surface area contributed by atoms with Crippen LogP contribution in [0.15, 0.2) is 54.9 Å². The molecule has 2 aromatic rings. The topological polar surface area (TPSA) is 20.9 Å². The Kier molecular flexibility index (Phi) is 3.46. The molecule has 1 heterocycles. The average Bonchev–Trinajstić information content (AvgIpc) is 2.38. The molecule has 0 spiro atoms. The van der Waals surface area contributed by atoms with Gasteiger partial charge in [0.1, 0.15) is 0 Å². The summed E-state index contributed by atoms with van der Waals surface area (Å²) in [5.41, 5.74) is 1.82. The summed E-state index contributed by atoms with van der Waals surface area (Å²) in [5, 5.41) is 0. The molecule has 2 rings (SSSR count). The van der Waals surface area contributed by atoms with Gasteiger partial charge in [0, 0.05) is 23.8 Å². The Labute approximate surface area is 101 Å². The van der Waals surface area contributed by atoms with Crippen molar-refractivity contribution in [3.8, 4) is 0 Å². The predicted molar refractivity (Wildman–Crippen MR) is 68.3 cm³/mol. The predicted octanol–water partition coefficient (Wildman–Crippen LogP) is 2.80. The quantitative estimate of drug-likeness (QED) is 0.580. The van der Waals surface area contributed by atoms with Crippen molar-refractivity contribution in [2.45, 2.75) is 6.92 Å². The maximum atomic E-state index is 11.1. The molecule has 0 bridgehead atoms. The standard InChI is InChI=1S/C15H14NO/c1-13(17)15-7-5-14(6-8-15)9-12-16-10-3-2-4-11-16/h2-12H,1H3/q+1. The minimum absolute atomic E-state index is 0.0953. The van der Waals surface area contributed by atoms with E-state index in [1.807, 2.05) is 71.7 Å². The number of carbonyl (C=O) groups is 1. The van der Waals surface area contributed by atoms with Gasteiger partial charge in [-0.2, -0.15) is 4.57 Å². The minimum atomic E-state index is 0.0953. The first-order valence-electron chi connectivity index (χ1n) is 5.51. The Hall–Kier alpha value is -2.22. The van der Waals surface area contributed by atoms with Gasteiger partial charge in [0.2, 0.25) is 0 Å². The van der Waals surface area contributed by atoms with E-state index in [4.69, 9.17) is 0 Å². The van der Waals surface area contributed by atoms with Crippen LogP contribution in [-0.4, -0.2) is 5.78 Å². The van der Waals surface area contributed by atoms with E-state index in [9.17, 15) is 4.79 Å². The summed E-state index contributed by atoms with van der Waals surface area (Å²) in [5.74, 6) is 0.0953. The van der Waals surface area contributed by atoms with E-state index in [2.05, 4.69) is 0 Å². The van der Waals surface area contributed by atoms with Crippen LogP contribution in [0.1, 0.15) is 22.8 Å². The fourth-order valence-corrected chi connectivity index (χ4v) is 1.51. The van der Waals surface area contributed by atoms with Crippen LogP contribution < -0.4 is 4.57 Å². The zero-order chi connectivity index (χ0) is 12.1. The van der Waals surface area contributed by atoms with Crippen molar-refractivity contribution in [1.29, 1.82) is 0 Å². The fraction of sp³-hybridized carbons (Fsp3) is 0.0667. The summed E-state index contributed by atoms with van der Waals surface area (Å²) in [7, 11) is 0. The zero-order valence-corrected chi connectivity index (χ0v) is 9.71. The van der Waals surface area contributed by atoms with Gasteiger partial charge in [0.05, 0.1) is 0 Å². The molecule has 0 saturated carbocycles. The van der Waals surface area contributed by atoms with Gasteiger partial charge in [-0.3, -0.25) is 4.79 Å². The monoisotopic (exact) mass is 224 g/mol. The van der Waals surface area contributed by atoms with Crippen molar-refractivity contribution in [2.24, 2.45) is 0 Å². The van der Waals surface area contributed by atoms with Gasteiger partial charge in [-0.15, -0.1) is 0 Å². The van der Waals surface area contributed by atoms with Crippen LogP contribution in [0.5, 0.6) is 0 Å². The zero-order valence-electron chi connectivity index (χ0n) is 9.71. The van der Waals surface area contributed by atoms with Crippen molar-refractivity contribution in [1.82, 2.24) is 0 Å². The molecular formula is C15H14NO+. The summed E-state index contributed by atoms with van der Waals surface area (Å²) in [6.07, 6.45) is 7.92. The van der Waals surface area contributed by atoms with E-state index in [1.54, 1.807) is 6.92 Å². The second kappa shape index (κ2) is 5.21. The number of benzene rings is 1. The minimum Gasteiger partial charge on any atom is -0.295 e. The first-order valence-corrected chi connectivity index (χ1v) is 5.51. The van der Waals surface area contributed by atoms with E-state index >= 15 is 0 Å². The third-order valence-electron chi connectivity index (χ3n) is 2.49. The molecule has 2 heteroatoms. The maximum absolute atomic E-state index is 11.1. The molecule has 1 aromatic heterocycles. The number of carbonyl (C=O) groups excluding carboxylic acids is 1. The van der Waals surface area contributed by atoms with Crippen LogP contribution in [-0.2, 0) is 0 Å². The van der Waals surface area contributed by atoms with Crippen molar-refractivity contribution in [3.63, 3.8) is 0 Å². The highest BCUT2D eigenvalue weighted by Gasteiger charge is 1.97. The Morgan fingerprint density at radius 1 is 1.06 bits per heavy atom. The Morgan fingerprint density at radius 3 is 2.29 bits per heavy atom. The number of ketones is 1. The lowest BCUT2D eigenvalue weighted by Gasteiger charge is -1.95. The van der Waals surface area contributed by atoms with Crippen LogP contribution in [0.25, 0.3) is 12.3 Å². The molecular weight excluding hydrogens is 210 g/mol. The molecule has 84 valence electrons. The lowest BCUT2D eigenvalue weighted by atomic mass is 10.1. The van der Waals surface area contributed by atoms with E-state index in [-0.39, 0.29) is 5.78 Å². The molecule has 0 aliphatic heterocycles. The van der Waals surface area contributed by atoms with E-state index < -0.39 is 0 Å². The van der Waals surface area contributed by atoms with Gasteiger partial charge in [0.15, 0.2) is 24.4 Å². The number of hydrogen-bond donors (Lipinski definition) is 0. The van der Waals surface area contributed by atoms with Gasteiger partial charge in [-0.1, -0.05) is 30.3 Å². The third kappa shape index (κ3) is 3.11. The summed E-state index contributed by atoms with van der Waals surface area (Å²) >= 11 is 0. The molecule has 0 aliphatic rings. The normalized spacial score (nSPS) is 10.6. The molecule has 0 amide bonds. The largest absolute Gasteiger partial charge is 0.295 e. The molecule has 2 nitrogen and oxygen atoms in total. The van der Waals surface area contributed by atoms with Crippen LogP contribution in [0.4, 0.5) is 0 Å². The molecule has 0 N–H and O–H groups in total. The number of aromatic nitrogens is 1. The van der Waals surface area contributed by atoms with Crippen molar-refractivity contribution >= 4 is 18.1 Å². The maximum Gasteiger partial charge on any atom is 0.175 e. The third-order valence-corrected chi connectivity index (χ3v) is 2.49. The highest BCUT2D eigenvalue weighted by molar-refractivity contribution is 5.94. The summed E-state index contributed by atoms with van der Waals surface area (Å²) in [6, 6.07) is 13.5. The average molecular weight is 224 g/mol. The van der Waals surface area contributed by atoms with E-state index in [0.29, 0.717) is 0 Å². The summed E-state index contributed by atoms with van der Waals surface area (Å²) in [4.78, 5) is 11.1. The van der Waals surface area contributed by atoms with Crippen molar-refractivity contribution < 1.29 is 9.36 Å². The summed E-state index contributed by atoms with van der Waals surface area (Å²) < 4.78 is 1.97. The molecule has 0 fully saturated rings. The number of pyridine rings is 1. The number of hydrogen-bond acceptors (Lipinski definition) is 1. The Morgan fingerprint density at radius 2 is 1.71 bits per heavy atom. The number of rotatable bonds is 3. The second-order valence-electron chi connectivity index (χ2n) is 3.82. The second-order valence-corrected chi connectivity index (χ2v) is 3.82. The SMILES string of the molecule is CC(=O)c1ccc(C=C[n+]2ccccc2)cc1. The van der Waals surface area contributed by atoms with Gasteiger partial charge in [-0.25, -0.2) is 0 Å². The van der Waals surface area contributed by atoms with Crippen molar-refractivity contribution in [3.05, 3.63) is 66.0 Å². The lowest BCUT2D eigenvalue weighted by Crippen LogP contribution is -2.23.